The van der Waals surface area contributed by atoms with Gasteiger partial charge in [0.1, 0.15) is 18.1 Å². The molecule has 0 spiro atoms. The van der Waals surface area contributed by atoms with Crippen molar-refractivity contribution in [2.45, 2.75) is 25.7 Å². The molecule has 0 saturated heterocycles. The number of benzene rings is 2. The summed E-state index contributed by atoms with van der Waals surface area (Å²) in [6.07, 6.45) is -4.42. The lowest BCUT2D eigenvalue weighted by atomic mass is 10.1. The number of amides is 1. The van der Waals surface area contributed by atoms with Gasteiger partial charge in [0.15, 0.2) is 0 Å². The monoisotopic (exact) mass is 431 g/mol. The van der Waals surface area contributed by atoms with E-state index >= 15 is 0 Å². The number of hydrogen-bond donors (Lipinski definition) is 1. The smallest absolute Gasteiger partial charge is 0.416 e. The van der Waals surface area contributed by atoms with Crippen LogP contribution in [0.15, 0.2) is 71.5 Å². The Kier molecular flexibility index (Phi) is 6.74. The Morgan fingerprint density at radius 2 is 1.74 bits per heavy atom. The van der Waals surface area contributed by atoms with E-state index in [1.165, 1.54) is 24.3 Å². The molecule has 0 aliphatic rings. The van der Waals surface area contributed by atoms with Crippen molar-refractivity contribution in [2.75, 3.05) is 6.61 Å². The van der Waals surface area contributed by atoms with Crippen LogP contribution in [0.3, 0.4) is 0 Å². The average molecular weight is 431 g/mol. The molecule has 9 heteroatoms. The first-order valence-corrected chi connectivity index (χ1v) is 9.48. The zero-order valence-electron chi connectivity index (χ0n) is 16.6. The number of aromatic nitrogens is 2. The first-order chi connectivity index (χ1) is 14.7. The van der Waals surface area contributed by atoms with Crippen LogP contribution in [0.1, 0.15) is 34.6 Å². The van der Waals surface area contributed by atoms with Crippen LogP contribution in [-0.2, 0) is 12.7 Å². The summed E-state index contributed by atoms with van der Waals surface area (Å²) in [6.45, 7) is 1.97. The molecule has 0 aliphatic heterocycles. The van der Waals surface area contributed by atoms with E-state index in [0.29, 0.717) is 11.3 Å². The van der Waals surface area contributed by atoms with Crippen LogP contribution < -0.4 is 15.6 Å². The van der Waals surface area contributed by atoms with Crippen LogP contribution in [0, 0.1) is 0 Å². The maximum Gasteiger partial charge on any atom is 0.416 e. The SMILES string of the molecule is CC(NC(=O)c1ccc(=O)n(CCOc2ccccc2)n1)c1ccc(C(F)(F)F)cc1. The number of para-hydroxylation sites is 1. The zero-order chi connectivity index (χ0) is 22.4. The summed E-state index contributed by atoms with van der Waals surface area (Å²) in [6, 6.07) is 15.6. The Morgan fingerprint density at radius 1 is 1.06 bits per heavy atom. The molecule has 0 aliphatic carbocycles. The number of hydrogen-bond acceptors (Lipinski definition) is 4. The number of nitrogens with one attached hydrogen (secondary N) is 1. The highest BCUT2D eigenvalue weighted by atomic mass is 19.4. The summed E-state index contributed by atoms with van der Waals surface area (Å²) in [5.74, 6) is 0.0972. The Labute approximate surface area is 176 Å². The van der Waals surface area contributed by atoms with Crippen LogP contribution in [0.4, 0.5) is 13.2 Å². The predicted octanol–water partition coefficient (Wildman–Crippen LogP) is 3.83. The largest absolute Gasteiger partial charge is 0.492 e. The number of alkyl halides is 3. The molecule has 6 nitrogen and oxygen atoms in total. The zero-order valence-corrected chi connectivity index (χ0v) is 16.6. The van der Waals surface area contributed by atoms with E-state index in [4.69, 9.17) is 4.74 Å². The average Bonchev–Trinajstić information content (AvgIpc) is 2.75. The van der Waals surface area contributed by atoms with E-state index in [-0.39, 0.29) is 24.4 Å². The summed E-state index contributed by atoms with van der Waals surface area (Å²) < 4.78 is 44.7. The van der Waals surface area contributed by atoms with Crippen molar-refractivity contribution in [2.24, 2.45) is 0 Å². The van der Waals surface area contributed by atoms with Crippen LogP contribution in [0.25, 0.3) is 0 Å². The first kappa shape index (κ1) is 22.1. The van der Waals surface area contributed by atoms with E-state index in [0.717, 1.165) is 16.8 Å². The molecule has 0 radical (unpaired) electrons. The quantitative estimate of drug-likeness (QED) is 0.617. The van der Waals surface area contributed by atoms with Gasteiger partial charge < -0.3 is 10.1 Å². The molecule has 1 N–H and O–H groups in total. The molecule has 0 fully saturated rings. The second-order valence-electron chi connectivity index (χ2n) is 6.76. The molecule has 0 saturated carbocycles. The topological polar surface area (TPSA) is 73.2 Å². The lowest BCUT2D eigenvalue weighted by Gasteiger charge is -2.15. The van der Waals surface area contributed by atoms with Gasteiger partial charge in [-0.05, 0) is 42.8 Å². The van der Waals surface area contributed by atoms with Crippen molar-refractivity contribution in [3.63, 3.8) is 0 Å². The Bertz CT molecular complexity index is 1080. The lowest BCUT2D eigenvalue weighted by molar-refractivity contribution is -0.137. The molecular formula is C22H20F3N3O3. The van der Waals surface area contributed by atoms with Gasteiger partial charge in [0.05, 0.1) is 18.2 Å². The van der Waals surface area contributed by atoms with Crippen LogP contribution in [0.5, 0.6) is 5.75 Å². The van der Waals surface area contributed by atoms with Crippen molar-refractivity contribution in [1.29, 1.82) is 0 Å². The fourth-order valence-electron chi connectivity index (χ4n) is 2.81. The molecule has 162 valence electrons. The highest BCUT2D eigenvalue weighted by Crippen LogP contribution is 2.29. The first-order valence-electron chi connectivity index (χ1n) is 9.48. The normalized spacial score (nSPS) is 12.3. The third-order valence-electron chi connectivity index (χ3n) is 4.50. The molecule has 1 aromatic heterocycles. The molecule has 3 aromatic rings. The number of halogens is 3. The molecule has 1 atom stereocenters. The fourth-order valence-corrected chi connectivity index (χ4v) is 2.81. The minimum Gasteiger partial charge on any atom is -0.492 e. The van der Waals surface area contributed by atoms with E-state index in [9.17, 15) is 22.8 Å². The summed E-state index contributed by atoms with van der Waals surface area (Å²) in [5.41, 5.74) is -0.630. The van der Waals surface area contributed by atoms with Gasteiger partial charge in [0, 0.05) is 6.07 Å². The molecule has 0 bridgehead atoms. The third-order valence-corrected chi connectivity index (χ3v) is 4.50. The maximum atomic E-state index is 12.7. The van der Waals surface area contributed by atoms with Crippen LogP contribution in [-0.4, -0.2) is 22.3 Å². The minimum absolute atomic E-state index is 0.0121. The lowest BCUT2D eigenvalue weighted by Crippen LogP contribution is -2.32. The van der Waals surface area contributed by atoms with E-state index in [2.05, 4.69) is 10.4 Å². The Morgan fingerprint density at radius 3 is 2.39 bits per heavy atom. The Balaban J connectivity index is 1.63. The van der Waals surface area contributed by atoms with E-state index in [1.54, 1.807) is 19.1 Å². The number of ether oxygens (including phenoxy) is 1. The van der Waals surface area contributed by atoms with Gasteiger partial charge in [-0.15, -0.1) is 0 Å². The highest BCUT2D eigenvalue weighted by molar-refractivity contribution is 5.92. The number of carbonyl (C=O) groups excluding carboxylic acids is 1. The predicted molar refractivity (Wildman–Crippen MR) is 108 cm³/mol. The molecule has 3 rings (SSSR count). The van der Waals surface area contributed by atoms with Gasteiger partial charge in [0.25, 0.3) is 11.5 Å². The van der Waals surface area contributed by atoms with Gasteiger partial charge in [-0.3, -0.25) is 9.59 Å². The van der Waals surface area contributed by atoms with Gasteiger partial charge >= 0.3 is 6.18 Å². The Hall–Kier alpha value is -3.62. The van der Waals surface area contributed by atoms with Crippen molar-refractivity contribution in [3.05, 3.63) is 93.9 Å². The van der Waals surface area contributed by atoms with Gasteiger partial charge in [0.2, 0.25) is 0 Å². The standard InChI is InChI=1S/C22H20F3N3O3/c1-15(16-7-9-17(10-8-16)22(23,24)25)26-21(30)19-11-12-20(29)28(27-19)13-14-31-18-5-3-2-4-6-18/h2-12,15H,13-14H2,1H3,(H,26,30). The third kappa shape index (κ3) is 5.94. The number of rotatable bonds is 7. The molecule has 1 heterocycles. The minimum atomic E-state index is -4.42. The number of carbonyl (C=O) groups is 1. The van der Waals surface area contributed by atoms with E-state index < -0.39 is 23.7 Å². The maximum absolute atomic E-state index is 12.7. The van der Waals surface area contributed by atoms with Crippen molar-refractivity contribution in [1.82, 2.24) is 15.1 Å². The molecular weight excluding hydrogens is 411 g/mol. The van der Waals surface area contributed by atoms with Crippen molar-refractivity contribution in [3.8, 4) is 5.75 Å². The van der Waals surface area contributed by atoms with Crippen molar-refractivity contribution < 1.29 is 22.7 Å². The molecule has 31 heavy (non-hydrogen) atoms. The van der Waals surface area contributed by atoms with E-state index in [1.807, 2.05) is 18.2 Å². The van der Waals surface area contributed by atoms with Crippen molar-refractivity contribution >= 4 is 5.91 Å². The summed E-state index contributed by atoms with van der Waals surface area (Å²) >= 11 is 0. The second kappa shape index (κ2) is 9.46. The van der Waals surface area contributed by atoms with Gasteiger partial charge in [-0.2, -0.15) is 18.3 Å². The number of nitrogens with zero attached hydrogens (tertiary/aromatic N) is 2. The fraction of sp³-hybridized carbons (Fsp3) is 0.227. The molecule has 2 aromatic carbocycles. The summed E-state index contributed by atoms with van der Waals surface area (Å²) in [7, 11) is 0. The molecule has 1 amide bonds. The van der Waals surface area contributed by atoms with Gasteiger partial charge in [-0.1, -0.05) is 30.3 Å². The van der Waals surface area contributed by atoms with Crippen LogP contribution in [0.2, 0.25) is 0 Å². The highest BCUT2D eigenvalue weighted by Gasteiger charge is 2.30. The van der Waals surface area contributed by atoms with Gasteiger partial charge in [-0.25, -0.2) is 4.68 Å². The molecule has 1 unspecified atom stereocenters. The summed E-state index contributed by atoms with van der Waals surface area (Å²) in [5, 5.41) is 6.73. The van der Waals surface area contributed by atoms with Crippen LogP contribution >= 0.6 is 0 Å². The summed E-state index contributed by atoms with van der Waals surface area (Å²) in [4.78, 5) is 24.5. The second-order valence-corrected chi connectivity index (χ2v) is 6.76.